The van der Waals surface area contributed by atoms with Crippen LogP contribution in [0.2, 0.25) is 0 Å². The average Bonchev–Trinajstić information content (AvgIpc) is 3.47. The molecule has 0 saturated heterocycles. The summed E-state index contributed by atoms with van der Waals surface area (Å²) in [5.74, 6) is 0.605. The molecule has 4 rings (SSSR count). The molecule has 2 aromatic carbocycles. The van der Waals surface area contributed by atoms with Crippen molar-refractivity contribution < 1.29 is 8.42 Å². The number of rotatable bonds is 8. The number of hydrogen-bond donors (Lipinski definition) is 4. The van der Waals surface area contributed by atoms with Gasteiger partial charge in [-0.2, -0.15) is 0 Å². The van der Waals surface area contributed by atoms with Gasteiger partial charge in [0, 0.05) is 59.7 Å². The zero-order valence-corrected chi connectivity index (χ0v) is 25.2. The van der Waals surface area contributed by atoms with Crippen LogP contribution in [0.5, 0.6) is 0 Å². The van der Waals surface area contributed by atoms with Gasteiger partial charge in [0.25, 0.3) is 0 Å². The lowest BCUT2D eigenvalue weighted by Gasteiger charge is -2.22. The zero-order valence-electron chi connectivity index (χ0n) is 22.7. The van der Waals surface area contributed by atoms with Crippen LogP contribution >= 0.6 is 23.6 Å². The van der Waals surface area contributed by atoms with E-state index >= 15 is 0 Å². The number of nitrogens with one attached hydrogen (secondary N) is 4. The lowest BCUT2D eigenvalue weighted by molar-refractivity contribution is 0.491. The SMILES string of the molecule is CC(C)NC(=S)Nc1ccc(-c2ncc(-c3ccc(Nc4nccn4C)cc3S(=O)(=O)NC(C)(C)C)s2)cc1. The molecule has 39 heavy (non-hydrogen) atoms. The van der Waals surface area contributed by atoms with Crippen molar-refractivity contribution >= 4 is 56.0 Å². The molecule has 0 spiro atoms. The van der Waals surface area contributed by atoms with Gasteiger partial charge in [0.2, 0.25) is 16.0 Å². The van der Waals surface area contributed by atoms with Crippen molar-refractivity contribution in [3.63, 3.8) is 0 Å². The molecule has 0 aliphatic rings. The van der Waals surface area contributed by atoms with Crippen LogP contribution in [0.15, 0.2) is 66.0 Å². The Balaban J connectivity index is 1.66. The van der Waals surface area contributed by atoms with Gasteiger partial charge >= 0.3 is 0 Å². The molecular weight excluding hydrogens is 551 g/mol. The molecule has 206 valence electrons. The number of aryl methyl sites for hydroxylation is 1. The minimum Gasteiger partial charge on any atom is -0.360 e. The van der Waals surface area contributed by atoms with Crippen molar-refractivity contribution in [1.29, 1.82) is 0 Å². The van der Waals surface area contributed by atoms with Gasteiger partial charge < -0.3 is 20.5 Å². The van der Waals surface area contributed by atoms with Crippen molar-refractivity contribution in [1.82, 2.24) is 24.6 Å². The Kier molecular flexibility index (Phi) is 8.40. The lowest BCUT2D eigenvalue weighted by Crippen LogP contribution is -2.40. The molecule has 0 aliphatic heterocycles. The van der Waals surface area contributed by atoms with Crippen LogP contribution in [0.3, 0.4) is 0 Å². The zero-order chi connectivity index (χ0) is 28.4. The van der Waals surface area contributed by atoms with Gasteiger partial charge in [0.05, 0.1) is 9.77 Å². The summed E-state index contributed by atoms with van der Waals surface area (Å²) in [4.78, 5) is 9.79. The number of nitrogens with zero attached hydrogens (tertiary/aromatic N) is 3. The Labute approximate surface area is 239 Å². The molecule has 4 N–H and O–H groups in total. The lowest BCUT2D eigenvalue weighted by atomic mass is 10.1. The molecule has 2 aromatic heterocycles. The van der Waals surface area contributed by atoms with Gasteiger partial charge in [-0.15, -0.1) is 11.3 Å². The van der Waals surface area contributed by atoms with E-state index in [2.05, 4.69) is 30.6 Å². The van der Waals surface area contributed by atoms with Crippen molar-refractivity contribution in [2.45, 2.75) is 51.1 Å². The number of hydrogen-bond acceptors (Lipinski definition) is 7. The number of sulfonamides is 1. The Morgan fingerprint density at radius 2 is 1.74 bits per heavy atom. The summed E-state index contributed by atoms with van der Waals surface area (Å²) in [5.41, 5.74) is 2.32. The van der Waals surface area contributed by atoms with Gasteiger partial charge in [-0.1, -0.05) is 6.07 Å². The quantitative estimate of drug-likeness (QED) is 0.195. The molecule has 4 aromatic rings. The first-order valence-electron chi connectivity index (χ1n) is 12.4. The van der Waals surface area contributed by atoms with Gasteiger partial charge in [-0.05, 0) is 83.2 Å². The molecule has 0 aliphatic carbocycles. The van der Waals surface area contributed by atoms with Gasteiger partial charge in [0.1, 0.15) is 5.01 Å². The third kappa shape index (κ3) is 7.41. The second-order valence-corrected chi connectivity index (χ2v) is 13.5. The van der Waals surface area contributed by atoms with Crippen molar-refractivity contribution in [2.75, 3.05) is 10.6 Å². The van der Waals surface area contributed by atoms with Crippen LogP contribution in [-0.4, -0.2) is 39.6 Å². The fourth-order valence-corrected chi connectivity index (χ4v) is 6.80. The van der Waals surface area contributed by atoms with Crippen LogP contribution < -0.4 is 20.7 Å². The highest BCUT2D eigenvalue weighted by atomic mass is 32.2. The third-order valence-electron chi connectivity index (χ3n) is 5.37. The van der Waals surface area contributed by atoms with Gasteiger partial charge in [-0.25, -0.2) is 23.1 Å². The number of imidazole rings is 1. The Bertz CT molecular complexity index is 1570. The average molecular weight is 584 g/mol. The van der Waals surface area contributed by atoms with E-state index in [1.807, 2.05) is 82.8 Å². The smallest absolute Gasteiger partial charge is 0.241 e. The Hall–Kier alpha value is -3.32. The van der Waals surface area contributed by atoms with E-state index in [1.54, 1.807) is 24.5 Å². The maximum absolute atomic E-state index is 13.5. The minimum atomic E-state index is -3.85. The number of anilines is 3. The van der Waals surface area contributed by atoms with E-state index in [9.17, 15) is 8.42 Å². The van der Waals surface area contributed by atoms with Gasteiger partial charge in [0.15, 0.2) is 5.11 Å². The second kappa shape index (κ2) is 11.4. The van der Waals surface area contributed by atoms with Crippen molar-refractivity contribution in [3.05, 3.63) is 61.1 Å². The Morgan fingerprint density at radius 3 is 2.36 bits per heavy atom. The van der Waals surface area contributed by atoms with Crippen LogP contribution in [0.1, 0.15) is 34.6 Å². The molecular formula is C27H33N7O2S3. The monoisotopic (exact) mass is 583 g/mol. The second-order valence-electron chi connectivity index (χ2n) is 10.4. The van der Waals surface area contributed by atoms with Crippen LogP contribution in [-0.2, 0) is 17.1 Å². The highest BCUT2D eigenvalue weighted by Crippen LogP contribution is 2.37. The van der Waals surface area contributed by atoms with E-state index in [1.165, 1.54) is 11.3 Å². The highest BCUT2D eigenvalue weighted by molar-refractivity contribution is 7.89. The molecule has 0 radical (unpaired) electrons. The fraction of sp³-hybridized carbons (Fsp3) is 0.296. The Morgan fingerprint density at radius 1 is 1.05 bits per heavy atom. The van der Waals surface area contributed by atoms with Crippen LogP contribution in [0.25, 0.3) is 21.0 Å². The molecule has 0 bridgehead atoms. The van der Waals surface area contributed by atoms with E-state index < -0.39 is 15.6 Å². The molecule has 0 amide bonds. The van der Waals surface area contributed by atoms with Crippen LogP contribution in [0, 0.1) is 0 Å². The van der Waals surface area contributed by atoms with Crippen molar-refractivity contribution in [2.24, 2.45) is 7.05 Å². The first-order chi connectivity index (χ1) is 18.3. The first-order valence-corrected chi connectivity index (χ1v) is 15.1. The largest absolute Gasteiger partial charge is 0.360 e. The summed E-state index contributed by atoms with van der Waals surface area (Å²) in [6.07, 6.45) is 5.20. The minimum absolute atomic E-state index is 0.164. The first kappa shape index (κ1) is 28.7. The molecule has 0 atom stereocenters. The normalized spacial score (nSPS) is 12.0. The summed E-state index contributed by atoms with van der Waals surface area (Å²) in [6, 6.07) is 13.3. The van der Waals surface area contributed by atoms with E-state index in [-0.39, 0.29) is 10.9 Å². The molecule has 0 unspecified atom stereocenters. The summed E-state index contributed by atoms with van der Waals surface area (Å²) in [7, 11) is -1.99. The topological polar surface area (TPSA) is 113 Å². The predicted octanol–water partition coefficient (Wildman–Crippen LogP) is 5.73. The maximum atomic E-state index is 13.5. The van der Waals surface area contributed by atoms with Gasteiger partial charge in [-0.3, -0.25) is 0 Å². The number of aromatic nitrogens is 3. The standard InChI is InChI=1S/C27H33N7O2S3/c1-17(2)30-26(37)32-19-9-7-18(8-10-19)24-29-16-22(38-24)21-12-11-20(31-25-28-13-14-34(25)6)15-23(21)39(35,36)33-27(3,4)5/h7-17,33H,1-6H3,(H,28,31)(H2,30,32,37). The van der Waals surface area contributed by atoms with Crippen LogP contribution in [0.4, 0.5) is 17.3 Å². The van der Waals surface area contributed by atoms with E-state index in [4.69, 9.17) is 12.2 Å². The summed E-state index contributed by atoms with van der Waals surface area (Å²) < 4.78 is 31.7. The fourth-order valence-electron chi connectivity index (χ4n) is 3.76. The molecule has 0 saturated carbocycles. The summed E-state index contributed by atoms with van der Waals surface area (Å²) >= 11 is 6.75. The number of thiazole rings is 1. The number of benzene rings is 2. The molecule has 9 nitrogen and oxygen atoms in total. The number of thiocarbonyl (C=S) groups is 1. The highest BCUT2D eigenvalue weighted by Gasteiger charge is 2.26. The summed E-state index contributed by atoms with van der Waals surface area (Å²) in [5, 5.41) is 10.9. The maximum Gasteiger partial charge on any atom is 0.241 e. The van der Waals surface area contributed by atoms with E-state index in [0.29, 0.717) is 22.3 Å². The van der Waals surface area contributed by atoms with E-state index in [0.717, 1.165) is 21.1 Å². The summed E-state index contributed by atoms with van der Waals surface area (Å²) in [6.45, 7) is 9.49. The third-order valence-corrected chi connectivity index (χ3v) is 8.47. The molecule has 12 heteroatoms. The molecule has 2 heterocycles. The predicted molar refractivity (Wildman–Crippen MR) is 164 cm³/mol. The molecule has 0 fully saturated rings. The van der Waals surface area contributed by atoms with Crippen molar-refractivity contribution in [3.8, 4) is 21.0 Å².